The van der Waals surface area contributed by atoms with Gasteiger partial charge in [0.15, 0.2) is 0 Å². The molecule has 6 aromatic rings. The molecule has 44 heavy (non-hydrogen) atoms. The van der Waals surface area contributed by atoms with Crippen molar-refractivity contribution < 1.29 is 5.11 Å². The van der Waals surface area contributed by atoms with Crippen LogP contribution in [-0.4, -0.2) is 19.6 Å². The zero-order valence-corrected chi connectivity index (χ0v) is 26.8. The van der Waals surface area contributed by atoms with Gasteiger partial charge in [-0.05, 0) is 69.8 Å². The third-order valence-electron chi connectivity index (χ3n) is 8.47. The fourth-order valence-electron chi connectivity index (χ4n) is 6.22. The highest BCUT2D eigenvalue weighted by molar-refractivity contribution is 5.97. The number of phenols is 1. The van der Waals surface area contributed by atoms with E-state index >= 15 is 0 Å². The molecule has 0 saturated carbocycles. The predicted octanol–water partition coefficient (Wildman–Crippen LogP) is 10.7. The number of para-hydroxylation sites is 3. The largest absolute Gasteiger partial charge is 0.507 e. The van der Waals surface area contributed by atoms with Gasteiger partial charge in [-0.25, -0.2) is 4.98 Å². The van der Waals surface area contributed by atoms with E-state index in [1.165, 1.54) is 11.1 Å². The second-order valence-electron chi connectivity index (χ2n) is 13.3. The summed E-state index contributed by atoms with van der Waals surface area (Å²) in [5.74, 6) is 1.61. The van der Waals surface area contributed by atoms with Gasteiger partial charge >= 0.3 is 0 Å². The van der Waals surface area contributed by atoms with Crippen LogP contribution in [0.15, 0.2) is 103 Å². The van der Waals surface area contributed by atoms with Gasteiger partial charge in [-0.15, -0.1) is 0 Å². The van der Waals surface area contributed by atoms with E-state index in [1.54, 1.807) is 0 Å². The maximum Gasteiger partial charge on any atom is 0.149 e. The molecule has 222 valence electrons. The fourth-order valence-corrected chi connectivity index (χ4v) is 6.22. The number of aromatic hydroxyl groups is 1. The Balaban J connectivity index is 1.71. The third-order valence-corrected chi connectivity index (χ3v) is 8.47. The van der Waals surface area contributed by atoms with E-state index < -0.39 is 0 Å². The molecule has 4 aromatic carbocycles. The van der Waals surface area contributed by atoms with E-state index in [0.717, 1.165) is 56.1 Å². The van der Waals surface area contributed by atoms with Crippen LogP contribution in [0.1, 0.15) is 77.0 Å². The lowest BCUT2D eigenvalue weighted by molar-refractivity contribution is 0.448. The van der Waals surface area contributed by atoms with Crippen molar-refractivity contribution in [2.45, 2.75) is 65.7 Å². The van der Waals surface area contributed by atoms with Gasteiger partial charge < -0.3 is 5.11 Å². The average molecular weight is 580 g/mol. The number of rotatable bonds is 6. The molecule has 0 spiro atoms. The quantitative estimate of drug-likeness (QED) is 0.213. The summed E-state index contributed by atoms with van der Waals surface area (Å²) in [6.45, 7) is 15.4. The summed E-state index contributed by atoms with van der Waals surface area (Å²) < 4.78 is 2.30. The average Bonchev–Trinajstić information content (AvgIpc) is 3.39. The smallest absolute Gasteiger partial charge is 0.149 e. The van der Waals surface area contributed by atoms with Crippen LogP contribution in [0.2, 0.25) is 0 Å². The highest BCUT2D eigenvalue weighted by Gasteiger charge is 2.27. The van der Waals surface area contributed by atoms with Gasteiger partial charge in [0.1, 0.15) is 11.6 Å². The second kappa shape index (κ2) is 11.4. The number of fused-ring (bicyclic) bond motifs is 1. The minimum atomic E-state index is -0.229. The first-order chi connectivity index (χ1) is 21.1. The maximum absolute atomic E-state index is 11.8. The van der Waals surface area contributed by atoms with Crippen LogP contribution in [0, 0.1) is 0 Å². The zero-order valence-electron chi connectivity index (χ0n) is 26.8. The fraction of sp³-hybridized carbons (Fsp3) is 0.250. The topological polar surface area (TPSA) is 50.9 Å². The summed E-state index contributed by atoms with van der Waals surface area (Å²) in [6, 6.07) is 33.6. The lowest BCUT2D eigenvalue weighted by Gasteiger charge is -2.24. The molecular formula is C40H41N3O. The lowest BCUT2D eigenvalue weighted by Crippen LogP contribution is -2.12. The Morgan fingerprint density at radius 2 is 1.32 bits per heavy atom. The Labute approximate surface area is 261 Å². The number of aromatic nitrogens is 3. The molecule has 4 nitrogen and oxygen atoms in total. The molecule has 0 aliphatic heterocycles. The molecule has 6 rings (SSSR count). The number of hydrogen-bond acceptors (Lipinski definition) is 3. The van der Waals surface area contributed by atoms with E-state index in [9.17, 15) is 5.11 Å². The molecule has 0 amide bonds. The molecule has 0 aliphatic carbocycles. The second-order valence-corrected chi connectivity index (χ2v) is 13.3. The van der Waals surface area contributed by atoms with Crippen molar-refractivity contribution in [2.75, 3.05) is 0 Å². The standard InChI is InChI=1S/C40H41N3O/c1-25(2)29-16-11-17-30(26(3)4)37(29)43-35-22-13-18-31(27-14-10-15-28(24-27)34-21-8-9-23-41-34)36(35)42-39(43)32-19-12-20-33(38(32)44)40(5,6)7/h8-26,44H,1-7H3. The van der Waals surface area contributed by atoms with Gasteiger partial charge in [-0.1, -0.05) is 115 Å². The number of benzene rings is 4. The Bertz CT molecular complexity index is 1930. The van der Waals surface area contributed by atoms with Gasteiger partial charge in [0, 0.05) is 17.3 Å². The monoisotopic (exact) mass is 579 g/mol. The van der Waals surface area contributed by atoms with Gasteiger partial charge in [-0.3, -0.25) is 9.55 Å². The van der Waals surface area contributed by atoms with Crippen LogP contribution < -0.4 is 0 Å². The first kappa shape index (κ1) is 29.4. The van der Waals surface area contributed by atoms with Crippen LogP contribution in [0.3, 0.4) is 0 Å². The van der Waals surface area contributed by atoms with Crippen LogP contribution in [0.5, 0.6) is 5.75 Å². The molecule has 0 unspecified atom stereocenters. The molecule has 0 radical (unpaired) electrons. The van der Waals surface area contributed by atoms with Crippen molar-refractivity contribution in [1.82, 2.24) is 14.5 Å². The van der Waals surface area contributed by atoms with Gasteiger partial charge in [0.05, 0.1) is 28.0 Å². The Morgan fingerprint density at radius 1 is 0.682 bits per heavy atom. The summed E-state index contributed by atoms with van der Waals surface area (Å²) in [7, 11) is 0. The van der Waals surface area contributed by atoms with Crippen LogP contribution in [-0.2, 0) is 5.41 Å². The normalized spacial score (nSPS) is 12.0. The first-order valence-corrected chi connectivity index (χ1v) is 15.6. The Kier molecular flexibility index (Phi) is 7.63. The molecule has 0 saturated heterocycles. The summed E-state index contributed by atoms with van der Waals surface area (Å²) in [6.07, 6.45) is 1.83. The van der Waals surface area contributed by atoms with Crippen LogP contribution in [0.25, 0.3) is 50.5 Å². The summed E-state index contributed by atoms with van der Waals surface area (Å²) in [4.78, 5) is 10.00. The SMILES string of the molecule is CC(C)c1cccc(C(C)C)c1-n1c(-c2cccc(C(C)(C)C)c2O)nc2c(-c3cccc(-c4ccccn4)c3)cccc21. The number of nitrogens with zero attached hydrogens (tertiary/aromatic N) is 3. The zero-order chi connectivity index (χ0) is 31.2. The molecule has 0 bridgehead atoms. The highest BCUT2D eigenvalue weighted by Crippen LogP contribution is 2.44. The van der Waals surface area contributed by atoms with Crippen molar-refractivity contribution in [3.8, 4) is 45.2 Å². The van der Waals surface area contributed by atoms with E-state index in [2.05, 4.69) is 119 Å². The summed E-state index contributed by atoms with van der Waals surface area (Å²) in [5.41, 5.74) is 11.1. The number of phenolic OH excluding ortho intramolecular Hbond substituents is 1. The Hall–Kier alpha value is -4.70. The molecule has 0 atom stereocenters. The van der Waals surface area contributed by atoms with E-state index in [1.807, 2.05) is 42.6 Å². The summed E-state index contributed by atoms with van der Waals surface area (Å²) in [5, 5.41) is 11.8. The minimum absolute atomic E-state index is 0.229. The van der Waals surface area contributed by atoms with Crippen molar-refractivity contribution in [2.24, 2.45) is 0 Å². The highest BCUT2D eigenvalue weighted by atomic mass is 16.3. The number of imidazole rings is 1. The van der Waals surface area contributed by atoms with Crippen LogP contribution in [0.4, 0.5) is 0 Å². The first-order valence-electron chi connectivity index (χ1n) is 15.6. The van der Waals surface area contributed by atoms with Gasteiger partial charge in [0.2, 0.25) is 0 Å². The van der Waals surface area contributed by atoms with Gasteiger partial charge in [0.25, 0.3) is 0 Å². The van der Waals surface area contributed by atoms with E-state index in [4.69, 9.17) is 4.98 Å². The van der Waals surface area contributed by atoms with E-state index in [-0.39, 0.29) is 11.2 Å². The van der Waals surface area contributed by atoms with Crippen molar-refractivity contribution in [3.63, 3.8) is 0 Å². The predicted molar refractivity (Wildman–Crippen MR) is 184 cm³/mol. The maximum atomic E-state index is 11.8. The number of hydrogen-bond donors (Lipinski definition) is 1. The Morgan fingerprint density at radius 3 is 1.98 bits per heavy atom. The lowest BCUT2D eigenvalue weighted by atomic mass is 9.85. The molecule has 2 aromatic heterocycles. The molecule has 0 aliphatic rings. The third kappa shape index (κ3) is 5.19. The molecule has 0 fully saturated rings. The minimum Gasteiger partial charge on any atom is -0.507 e. The molecule has 4 heteroatoms. The van der Waals surface area contributed by atoms with Crippen molar-refractivity contribution >= 4 is 11.0 Å². The molecular weight excluding hydrogens is 538 g/mol. The molecule has 1 N–H and O–H groups in total. The van der Waals surface area contributed by atoms with Crippen LogP contribution >= 0.6 is 0 Å². The van der Waals surface area contributed by atoms with Crippen molar-refractivity contribution in [1.29, 1.82) is 0 Å². The number of pyridine rings is 1. The van der Waals surface area contributed by atoms with E-state index in [0.29, 0.717) is 11.8 Å². The van der Waals surface area contributed by atoms with Crippen molar-refractivity contribution in [3.05, 3.63) is 120 Å². The summed E-state index contributed by atoms with van der Waals surface area (Å²) >= 11 is 0. The van der Waals surface area contributed by atoms with Gasteiger partial charge in [-0.2, -0.15) is 0 Å². The molecule has 2 heterocycles.